The van der Waals surface area contributed by atoms with Crippen LogP contribution in [-0.4, -0.2) is 24.5 Å². The second-order valence-corrected chi connectivity index (χ2v) is 3.94. The van der Waals surface area contributed by atoms with Gasteiger partial charge in [0, 0.05) is 17.4 Å². The van der Waals surface area contributed by atoms with Crippen molar-refractivity contribution < 1.29 is 9.59 Å². The molecule has 0 aliphatic heterocycles. The Bertz CT molecular complexity index is 359. The molecule has 0 aromatic heterocycles. The SMILES string of the molecule is CSc1ccc(C(=O)CNC(C)=O)cc1. The number of thioether (sulfide) groups is 1. The highest BCUT2D eigenvalue weighted by atomic mass is 32.2. The number of hydrogen-bond acceptors (Lipinski definition) is 3. The van der Waals surface area contributed by atoms with Crippen molar-refractivity contribution in [3.05, 3.63) is 29.8 Å². The Morgan fingerprint density at radius 3 is 2.33 bits per heavy atom. The fourth-order valence-corrected chi connectivity index (χ4v) is 1.49. The van der Waals surface area contributed by atoms with E-state index < -0.39 is 0 Å². The fraction of sp³-hybridized carbons (Fsp3) is 0.273. The Hall–Kier alpha value is -1.29. The molecule has 0 aliphatic carbocycles. The molecule has 3 nitrogen and oxygen atoms in total. The number of hydrogen-bond donors (Lipinski definition) is 1. The van der Waals surface area contributed by atoms with Gasteiger partial charge in [-0.05, 0) is 18.4 Å². The average molecular weight is 223 g/mol. The maximum absolute atomic E-state index is 11.5. The van der Waals surface area contributed by atoms with Crippen LogP contribution in [0.1, 0.15) is 17.3 Å². The highest BCUT2D eigenvalue weighted by molar-refractivity contribution is 7.98. The summed E-state index contributed by atoms with van der Waals surface area (Å²) in [7, 11) is 0. The van der Waals surface area contributed by atoms with E-state index in [-0.39, 0.29) is 18.2 Å². The van der Waals surface area contributed by atoms with Crippen molar-refractivity contribution in [2.45, 2.75) is 11.8 Å². The quantitative estimate of drug-likeness (QED) is 0.624. The number of benzene rings is 1. The van der Waals surface area contributed by atoms with Crippen LogP contribution < -0.4 is 5.32 Å². The Kier molecular flexibility index (Phi) is 4.37. The van der Waals surface area contributed by atoms with E-state index in [0.717, 1.165) is 4.90 Å². The molecule has 1 rings (SSSR count). The first-order chi connectivity index (χ1) is 7.13. The second-order valence-electron chi connectivity index (χ2n) is 3.06. The van der Waals surface area contributed by atoms with Gasteiger partial charge in [0.15, 0.2) is 5.78 Å². The summed E-state index contributed by atoms with van der Waals surface area (Å²) in [6, 6.07) is 7.34. The van der Waals surface area contributed by atoms with Gasteiger partial charge in [0.05, 0.1) is 6.54 Å². The van der Waals surface area contributed by atoms with Crippen molar-refractivity contribution in [2.75, 3.05) is 12.8 Å². The van der Waals surface area contributed by atoms with E-state index >= 15 is 0 Å². The molecule has 0 spiro atoms. The van der Waals surface area contributed by atoms with Crippen molar-refractivity contribution in [3.8, 4) is 0 Å². The van der Waals surface area contributed by atoms with E-state index in [2.05, 4.69) is 5.32 Å². The van der Waals surface area contributed by atoms with Crippen LogP contribution in [0.3, 0.4) is 0 Å². The predicted octanol–water partition coefficient (Wildman–Crippen LogP) is 1.73. The summed E-state index contributed by atoms with van der Waals surface area (Å²) in [6.07, 6.45) is 1.98. The second kappa shape index (κ2) is 5.56. The summed E-state index contributed by atoms with van der Waals surface area (Å²) in [5, 5.41) is 2.48. The van der Waals surface area contributed by atoms with Gasteiger partial charge in [-0.25, -0.2) is 0 Å². The zero-order valence-electron chi connectivity index (χ0n) is 8.74. The molecule has 80 valence electrons. The molecule has 0 atom stereocenters. The average Bonchev–Trinajstić information content (AvgIpc) is 2.26. The van der Waals surface area contributed by atoms with Gasteiger partial charge in [0.25, 0.3) is 0 Å². The molecule has 1 amide bonds. The topological polar surface area (TPSA) is 46.2 Å². The van der Waals surface area contributed by atoms with E-state index in [1.165, 1.54) is 6.92 Å². The molecule has 1 aromatic rings. The number of carbonyl (C=O) groups excluding carboxylic acids is 2. The van der Waals surface area contributed by atoms with Crippen LogP contribution >= 0.6 is 11.8 Å². The van der Waals surface area contributed by atoms with Crippen molar-refractivity contribution in [1.82, 2.24) is 5.32 Å². The molecule has 1 N–H and O–H groups in total. The maximum atomic E-state index is 11.5. The van der Waals surface area contributed by atoms with Gasteiger partial charge >= 0.3 is 0 Å². The monoisotopic (exact) mass is 223 g/mol. The molecule has 0 bridgehead atoms. The highest BCUT2D eigenvalue weighted by Crippen LogP contribution is 2.14. The van der Waals surface area contributed by atoms with Crippen LogP contribution in [0.4, 0.5) is 0 Å². The van der Waals surface area contributed by atoms with Crippen molar-refractivity contribution in [1.29, 1.82) is 0 Å². The maximum Gasteiger partial charge on any atom is 0.217 e. The Morgan fingerprint density at radius 2 is 1.87 bits per heavy atom. The van der Waals surface area contributed by atoms with E-state index in [9.17, 15) is 9.59 Å². The van der Waals surface area contributed by atoms with Crippen molar-refractivity contribution in [2.24, 2.45) is 0 Å². The minimum atomic E-state index is -0.191. The van der Waals surface area contributed by atoms with E-state index in [0.29, 0.717) is 5.56 Å². The number of Topliss-reactive ketones (excluding diaryl/α,β-unsaturated/α-hetero) is 1. The first kappa shape index (κ1) is 11.8. The number of amides is 1. The standard InChI is InChI=1S/C11H13NO2S/c1-8(13)12-7-11(14)9-3-5-10(15-2)6-4-9/h3-6H,7H2,1-2H3,(H,12,13). The molecule has 0 fully saturated rings. The predicted molar refractivity (Wildman–Crippen MR) is 61.2 cm³/mol. The third kappa shape index (κ3) is 3.75. The zero-order valence-corrected chi connectivity index (χ0v) is 9.56. The molecule has 0 saturated carbocycles. The Morgan fingerprint density at radius 1 is 1.27 bits per heavy atom. The van der Waals surface area contributed by atoms with Crippen LogP contribution in [0.5, 0.6) is 0 Å². The van der Waals surface area contributed by atoms with E-state index in [1.54, 1.807) is 23.9 Å². The number of ketones is 1. The summed E-state index contributed by atoms with van der Waals surface area (Å²) >= 11 is 1.63. The molecular formula is C11H13NO2S. The highest BCUT2D eigenvalue weighted by Gasteiger charge is 2.05. The minimum absolute atomic E-state index is 0.0634. The first-order valence-electron chi connectivity index (χ1n) is 4.55. The Labute approximate surface area is 93.3 Å². The normalized spacial score (nSPS) is 9.73. The molecule has 0 heterocycles. The summed E-state index contributed by atoms with van der Waals surface area (Å²) < 4.78 is 0. The zero-order chi connectivity index (χ0) is 11.3. The lowest BCUT2D eigenvalue weighted by Gasteiger charge is -2.02. The molecule has 15 heavy (non-hydrogen) atoms. The minimum Gasteiger partial charge on any atom is -0.349 e. The lowest BCUT2D eigenvalue weighted by molar-refractivity contribution is -0.118. The van der Waals surface area contributed by atoms with Crippen molar-refractivity contribution >= 4 is 23.5 Å². The smallest absolute Gasteiger partial charge is 0.217 e. The molecule has 0 saturated heterocycles. The van der Waals surface area contributed by atoms with Crippen LogP contribution in [0.25, 0.3) is 0 Å². The van der Waals surface area contributed by atoms with Gasteiger partial charge in [0.2, 0.25) is 5.91 Å². The third-order valence-corrected chi connectivity index (χ3v) is 2.65. The first-order valence-corrected chi connectivity index (χ1v) is 5.77. The summed E-state index contributed by atoms with van der Waals surface area (Å²) in [5.41, 5.74) is 0.626. The van der Waals surface area contributed by atoms with E-state index in [4.69, 9.17) is 0 Å². The largest absolute Gasteiger partial charge is 0.349 e. The summed E-state index contributed by atoms with van der Waals surface area (Å²) in [4.78, 5) is 23.3. The van der Waals surface area contributed by atoms with Gasteiger partial charge in [-0.2, -0.15) is 0 Å². The Balaban J connectivity index is 2.62. The fourth-order valence-electron chi connectivity index (χ4n) is 1.08. The molecule has 0 aliphatic rings. The number of nitrogens with one attached hydrogen (secondary N) is 1. The summed E-state index contributed by atoms with van der Waals surface area (Å²) in [5.74, 6) is -0.262. The van der Waals surface area contributed by atoms with Gasteiger partial charge < -0.3 is 5.32 Å². The van der Waals surface area contributed by atoms with Gasteiger partial charge in [-0.3, -0.25) is 9.59 Å². The molecule has 1 aromatic carbocycles. The third-order valence-electron chi connectivity index (χ3n) is 1.91. The number of rotatable bonds is 4. The molecular weight excluding hydrogens is 210 g/mol. The van der Waals surface area contributed by atoms with Crippen molar-refractivity contribution in [3.63, 3.8) is 0 Å². The van der Waals surface area contributed by atoms with Crippen LogP contribution in [0, 0.1) is 0 Å². The molecule has 4 heteroatoms. The van der Waals surface area contributed by atoms with Crippen LogP contribution in [-0.2, 0) is 4.79 Å². The van der Waals surface area contributed by atoms with Gasteiger partial charge in [-0.1, -0.05) is 12.1 Å². The van der Waals surface area contributed by atoms with E-state index in [1.807, 2.05) is 18.4 Å². The van der Waals surface area contributed by atoms with Crippen LogP contribution in [0.2, 0.25) is 0 Å². The molecule has 0 radical (unpaired) electrons. The van der Waals surface area contributed by atoms with Gasteiger partial charge in [-0.15, -0.1) is 11.8 Å². The lowest BCUT2D eigenvalue weighted by Crippen LogP contribution is -2.27. The van der Waals surface area contributed by atoms with Crippen LogP contribution in [0.15, 0.2) is 29.2 Å². The molecule has 0 unspecified atom stereocenters. The van der Waals surface area contributed by atoms with Gasteiger partial charge in [0.1, 0.15) is 0 Å². The lowest BCUT2D eigenvalue weighted by atomic mass is 10.1. The number of carbonyl (C=O) groups is 2. The summed E-state index contributed by atoms with van der Waals surface area (Å²) in [6.45, 7) is 1.46.